The molecule has 6 heteroatoms. The Morgan fingerprint density at radius 1 is 1.53 bits per heavy atom. The largest absolute Gasteiger partial charge is 0.464 e. The standard InChI is InChI=1S/C11H11ClF2O3/c1-2-17-11(16)9(15)7-4-3-6(10(13)14)5-8(7)12/h3-5,9-10,15H,2H2,1H3. The van der Waals surface area contributed by atoms with Gasteiger partial charge < -0.3 is 9.84 Å². The third kappa shape index (κ3) is 3.38. The first-order valence-electron chi connectivity index (χ1n) is 4.89. The average molecular weight is 265 g/mol. The quantitative estimate of drug-likeness (QED) is 0.851. The molecule has 1 unspecified atom stereocenters. The molecule has 1 rings (SSSR count). The van der Waals surface area contributed by atoms with Gasteiger partial charge in [-0.2, -0.15) is 0 Å². The van der Waals surface area contributed by atoms with Crippen molar-refractivity contribution in [1.29, 1.82) is 0 Å². The zero-order chi connectivity index (χ0) is 13.0. The van der Waals surface area contributed by atoms with Crippen LogP contribution in [0, 0.1) is 0 Å². The minimum atomic E-state index is -2.65. The topological polar surface area (TPSA) is 46.5 Å². The maximum absolute atomic E-state index is 12.3. The molecule has 0 spiro atoms. The van der Waals surface area contributed by atoms with E-state index in [2.05, 4.69) is 4.74 Å². The van der Waals surface area contributed by atoms with E-state index < -0.39 is 18.5 Å². The number of aliphatic hydroxyl groups is 1. The molecule has 0 fully saturated rings. The van der Waals surface area contributed by atoms with Crippen LogP contribution < -0.4 is 0 Å². The van der Waals surface area contributed by atoms with E-state index in [1.54, 1.807) is 6.92 Å². The number of carbonyl (C=O) groups excluding carboxylic acids is 1. The number of aliphatic hydroxyl groups excluding tert-OH is 1. The summed E-state index contributed by atoms with van der Waals surface area (Å²) in [6, 6.07) is 3.31. The molecule has 1 aromatic carbocycles. The zero-order valence-electron chi connectivity index (χ0n) is 8.99. The SMILES string of the molecule is CCOC(=O)C(O)c1ccc(C(F)F)cc1Cl. The Morgan fingerprint density at radius 2 is 2.18 bits per heavy atom. The molecule has 94 valence electrons. The lowest BCUT2D eigenvalue weighted by Crippen LogP contribution is -2.15. The van der Waals surface area contributed by atoms with Gasteiger partial charge >= 0.3 is 5.97 Å². The second-order valence-electron chi connectivity index (χ2n) is 3.24. The molecule has 1 atom stereocenters. The Morgan fingerprint density at radius 3 is 2.65 bits per heavy atom. The van der Waals surface area contributed by atoms with Gasteiger partial charge in [-0.3, -0.25) is 0 Å². The van der Waals surface area contributed by atoms with E-state index in [9.17, 15) is 18.7 Å². The summed E-state index contributed by atoms with van der Waals surface area (Å²) in [5.74, 6) is -0.862. The number of hydrogen-bond acceptors (Lipinski definition) is 3. The molecule has 0 amide bonds. The average Bonchev–Trinajstić information content (AvgIpc) is 2.28. The Bertz CT molecular complexity index is 410. The minimum Gasteiger partial charge on any atom is -0.464 e. The summed E-state index contributed by atoms with van der Waals surface area (Å²) < 4.78 is 29.3. The van der Waals surface area contributed by atoms with Gasteiger partial charge in [0.2, 0.25) is 0 Å². The predicted octanol–water partition coefficient (Wildman–Crippen LogP) is 2.87. The lowest BCUT2D eigenvalue weighted by Gasteiger charge is -2.12. The number of halogens is 3. The molecular weight excluding hydrogens is 254 g/mol. The fraction of sp³-hybridized carbons (Fsp3) is 0.364. The predicted molar refractivity (Wildman–Crippen MR) is 58.0 cm³/mol. The van der Waals surface area contributed by atoms with Crippen molar-refractivity contribution in [2.75, 3.05) is 6.61 Å². The Balaban J connectivity index is 2.95. The van der Waals surface area contributed by atoms with Crippen LogP contribution in [0.3, 0.4) is 0 Å². The van der Waals surface area contributed by atoms with Gasteiger partial charge in [0.05, 0.1) is 6.61 Å². The highest BCUT2D eigenvalue weighted by atomic mass is 35.5. The van der Waals surface area contributed by atoms with Crippen molar-refractivity contribution < 1.29 is 23.4 Å². The minimum absolute atomic E-state index is 0.0505. The number of carbonyl (C=O) groups is 1. The number of rotatable bonds is 4. The second-order valence-corrected chi connectivity index (χ2v) is 3.64. The monoisotopic (exact) mass is 264 g/mol. The van der Waals surface area contributed by atoms with Gasteiger partial charge in [-0.05, 0) is 13.0 Å². The van der Waals surface area contributed by atoms with Crippen LogP contribution in [0.5, 0.6) is 0 Å². The van der Waals surface area contributed by atoms with Crippen molar-refractivity contribution in [3.8, 4) is 0 Å². The van der Waals surface area contributed by atoms with E-state index in [0.717, 1.165) is 12.1 Å². The molecule has 1 aromatic rings. The van der Waals surface area contributed by atoms with Crippen molar-refractivity contribution in [1.82, 2.24) is 0 Å². The van der Waals surface area contributed by atoms with Crippen LogP contribution in [-0.4, -0.2) is 17.7 Å². The van der Waals surface area contributed by atoms with E-state index in [1.807, 2.05) is 0 Å². The van der Waals surface area contributed by atoms with Crippen LogP contribution in [0.25, 0.3) is 0 Å². The maximum Gasteiger partial charge on any atom is 0.339 e. The van der Waals surface area contributed by atoms with Crippen molar-refractivity contribution in [2.45, 2.75) is 19.5 Å². The molecule has 3 nitrogen and oxygen atoms in total. The smallest absolute Gasteiger partial charge is 0.339 e. The Labute approximate surface area is 102 Å². The van der Waals surface area contributed by atoms with Crippen LogP contribution >= 0.6 is 11.6 Å². The van der Waals surface area contributed by atoms with Gasteiger partial charge in [-0.15, -0.1) is 0 Å². The third-order valence-corrected chi connectivity index (χ3v) is 2.41. The zero-order valence-corrected chi connectivity index (χ0v) is 9.75. The summed E-state index contributed by atoms with van der Waals surface area (Å²) in [5.41, 5.74) is -0.218. The highest BCUT2D eigenvalue weighted by Crippen LogP contribution is 2.29. The van der Waals surface area contributed by atoms with Crippen molar-refractivity contribution >= 4 is 17.6 Å². The summed E-state index contributed by atoms with van der Waals surface area (Å²) >= 11 is 5.71. The molecule has 0 saturated carbocycles. The summed E-state index contributed by atoms with van der Waals surface area (Å²) in [4.78, 5) is 11.2. The molecule has 0 aliphatic carbocycles. The van der Waals surface area contributed by atoms with Crippen LogP contribution in [-0.2, 0) is 9.53 Å². The molecule has 0 aromatic heterocycles. The van der Waals surface area contributed by atoms with Crippen molar-refractivity contribution in [2.24, 2.45) is 0 Å². The molecule has 0 radical (unpaired) electrons. The lowest BCUT2D eigenvalue weighted by molar-refractivity contribution is -0.153. The van der Waals surface area contributed by atoms with Crippen LogP contribution in [0.2, 0.25) is 5.02 Å². The highest BCUT2D eigenvalue weighted by molar-refractivity contribution is 6.31. The summed E-state index contributed by atoms with van der Waals surface area (Å²) in [6.07, 6.45) is -4.21. The second kappa shape index (κ2) is 5.93. The molecule has 0 aliphatic heterocycles. The van der Waals surface area contributed by atoms with Gasteiger partial charge in [-0.1, -0.05) is 23.7 Å². The Kier molecular flexibility index (Phi) is 4.84. The van der Waals surface area contributed by atoms with Gasteiger partial charge in [0.15, 0.2) is 6.10 Å². The number of esters is 1. The lowest BCUT2D eigenvalue weighted by atomic mass is 10.1. The van der Waals surface area contributed by atoms with E-state index in [-0.39, 0.29) is 22.8 Å². The maximum atomic E-state index is 12.3. The fourth-order valence-electron chi connectivity index (χ4n) is 1.25. The Hall–Kier alpha value is -1.20. The van der Waals surface area contributed by atoms with E-state index in [1.165, 1.54) is 6.07 Å². The first-order chi connectivity index (χ1) is 7.97. The van der Waals surface area contributed by atoms with Crippen molar-refractivity contribution in [3.05, 3.63) is 34.3 Å². The van der Waals surface area contributed by atoms with E-state index in [0.29, 0.717) is 0 Å². The number of benzene rings is 1. The van der Waals surface area contributed by atoms with Crippen molar-refractivity contribution in [3.63, 3.8) is 0 Å². The molecular formula is C11H11ClF2O3. The molecule has 0 aliphatic rings. The molecule has 17 heavy (non-hydrogen) atoms. The number of hydrogen-bond donors (Lipinski definition) is 1. The number of ether oxygens (including phenoxy) is 1. The number of alkyl halides is 2. The first kappa shape index (κ1) is 13.9. The first-order valence-corrected chi connectivity index (χ1v) is 5.27. The molecule has 1 N–H and O–H groups in total. The molecule has 0 heterocycles. The van der Waals surface area contributed by atoms with Gasteiger partial charge in [0, 0.05) is 16.1 Å². The van der Waals surface area contributed by atoms with E-state index >= 15 is 0 Å². The highest BCUT2D eigenvalue weighted by Gasteiger charge is 2.22. The van der Waals surface area contributed by atoms with Crippen LogP contribution in [0.15, 0.2) is 18.2 Å². The van der Waals surface area contributed by atoms with Gasteiger partial charge in [0.1, 0.15) is 0 Å². The van der Waals surface area contributed by atoms with Crippen LogP contribution in [0.1, 0.15) is 30.6 Å². The van der Waals surface area contributed by atoms with E-state index in [4.69, 9.17) is 11.6 Å². The summed E-state index contributed by atoms with van der Waals surface area (Å²) in [5, 5.41) is 9.49. The molecule has 0 saturated heterocycles. The summed E-state index contributed by atoms with van der Waals surface area (Å²) in [6.45, 7) is 1.70. The van der Waals surface area contributed by atoms with Gasteiger partial charge in [-0.25, -0.2) is 13.6 Å². The van der Waals surface area contributed by atoms with Crippen LogP contribution in [0.4, 0.5) is 8.78 Å². The normalized spacial score (nSPS) is 12.6. The summed E-state index contributed by atoms with van der Waals surface area (Å²) in [7, 11) is 0. The van der Waals surface area contributed by atoms with Gasteiger partial charge in [0.25, 0.3) is 6.43 Å². The fourth-order valence-corrected chi connectivity index (χ4v) is 1.54. The third-order valence-electron chi connectivity index (χ3n) is 2.08. The molecule has 0 bridgehead atoms.